The van der Waals surface area contributed by atoms with Crippen molar-refractivity contribution in [3.05, 3.63) is 29.8 Å². The molecule has 1 aromatic carbocycles. The topological polar surface area (TPSA) is 24.4 Å². The number of rotatable bonds is 1. The van der Waals surface area contributed by atoms with Crippen molar-refractivity contribution in [3.8, 4) is 0 Å². The molecule has 15 heavy (non-hydrogen) atoms. The molecule has 1 aliphatic heterocycles. The van der Waals surface area contributed by atoms with Gasteiger partial charge in [-0.1, -0.05) is 0 Å². The van der Waals surface area contributed by atoms with Crippen LogP contribution < -0.4 is 5.32 Å². The molecule has 0 radical (unpaired) electrons. The van der Waals surface area contributed by atoms with E-state index >= 15 is 0 Å². The van der Waals surface area contributed by atoms with Crippen LogP contribution in [0.15, 0.2) is 23.2 Å². The van der Waals surface area contributed by atoms with Crippen LogP contribution in [0.1, 0.15) is 19.3 Å². The molecule has 0 bridgehead atoms. The van der Waals surface area contributed by atoms with Crippen molar-refractivity contribution >= 4 is 11.5 Å². The van der Waals surface area contributed by atoms with Gasteiger partial charge in [0.2, 0.25) is 0 Å². The van der Waals surface area contributed by atoms with Gasteiger partial charge in [0, 0.05) is 19.0 Å². The van der Waals surface area contributed by atoms with Gasteiger partial charge in [-0.25, -0.2) is 8.78 Å². The number of nitrogens with zero attached hydrogens (tertiary/aromatic N) is 1. The van der Waals surface area contributed by atoms with Gasteiger partial charge < -0.3 is 5.32 Å². The van der Waals surface area contributed by atoms with E-state index in [4.69, 9.17) is 0 Å². The first-order valence-electron chi connectivity index (χ1n) is 5.01. The quantitative estimate of drug-likeness (QED) is 0.757. The number of halogens is 2. The number of aliphatic imine (C=N–C) groups is 1. The third-order valence-corrected chi connectivity index (χ3v) is 2.33. The van der Waals surface area contributed by atoms with Crippen LogP contribution in [0.4, 0.5) is 14.5 Å². The zero-order valence-corrected chi connectivity index (χ0v) is 8.26. The molecule has 1 heterocycles. The number of anilines is 1. The van der Waals surface area contributed by atoms with E-state index in [2.05, 4.69) is 10.3 Å². The minimum atomic E-state index is -0.454. The summed E-state index contributed by atoms with van der Waals surface area (Å²) in [5.41, 5.74) is 0.163. The van der Waals surface area contributed by atoms with Gasteiger partial charge in [-0.2, -0.15) is 0 Å². The predicted octanol–water partition coefficient (Wildman–Crippen LogP) is 2.96. The molecule has 1 N–H and O–H groups in total. The number of hydrogen-bond donors (Lipinski definition) is 1. The summed E-state index contributed by atoms with van der Waals surface area (Å²) in [6.07, 6.45) is 2.91. The second kappa shape index (κ2) is 4.38. The van der Waals surface area contributed by atoms with Crippen molar-refractivity contribution in [2.24, 2.45) is 4.99 Å². The Morgan fingerprint density at radius 3 is 2.80 bits per heavy atom. The van der Waals surface area contributed by atoms with E-state index in [0.29, 0.717) is 0 Å². The highest BCUT2D eigenvalue weighted by Gasteiger charge is 2.08. The normalized spacial score (nSPS) is 16.0. The maximum absolute atomic E-state index is 13.2. The summed E-state index contributed by atoms with van der Waals surface area (Å²) in [7, 11) is 0. The maximum Gasteiger partial charge on any atom is 0.146 e. The van der Waals surface area contributed by atoms with Crippen molar-refractivity contribution in [3.63, 3.8) is 0 Å². The average molecular weight is 210 g/mol. The van der Waals surface area contributed by atoms with Crippen LogP contribution in [0.3, 0.4) is 0 Å². The molecule has 0 saturated heterocycles. The SMILES string of the molecule is Fc1ccc(F)c(NC2=NCCCC2)c1. The first kappa shape index (κ1) is 10.1. The Hall–Kier alpha value is -1.45. The van der Waals surface area contributed by atoms with Crippen molar-refractivity contribution in [2.45, 2.75) is 19.3 Å². The van der Waals surface area contributed by atoms with Crippen molar-refractivity contribution in [2.75, 3.05) is 11.9 Å². The first-order chi connectivity index (χ1) is 7.25. The van der Waals surface area contributed by atoms with Gasteiger partial charge in [-0.15, -0.1) is 0 Å². The highest BCUT2D eigenvalue weighted by molar-refractivity contribution is 5.95. The highest BCUT2D eigenvalue weighted by Crippen LogP contribution is 2.17. The predicted molar refractivity (Wildman–Crippen MR) is 56.1 cm³/mol. The molecule has 0 amide bonds. The van der Waals surface area contributed by atoms with Crippen LogP contribution in [-0.4, -0.2) is 12.4 Å². The van der Waals surface area contributed by atoms with Crippen LogP contribution in [0.25, 0.3) is 0 Å². The summed E-state index contributed by atoms with van der Waals surface area (Å²) in [6, 6.07) is 3.36. The fourth-order valence-electron chi connectivity index (χ4n) is 1.55. The van der Waals surface area contributed by atoms with Crippen molar-refractivity contribution in [1.82, 2.24) is 0 Å². The first-order valence-corrected chi connectivity index (χ1v) is 5.01. The van der Waals surface area contributed by atoms with E-state index in [-0.39, 0.29) is 5.69 Å². The monoisotopic (exact) mass is 210 g/mol. The lowest BCUT2D eigenvalue weighted by atomic mass is 10.2. The van der Waals surface area contributed by atoms with E-state index in [1.165, 1.54) is 0 Å². The lowest BCUT2D eigenvalue weighted by Gasteiger charge is -2.14. The summed E-state index contributed by atoms with van der Waals surface area (Å²) < 4.78 is 26.1. The fourth-order valence-corrected chi connectivity index (χ4v) is 1.55. The third kappa shape index (κ3) is 2.52. The minimum absolute atomic E-state index is 0.163. The second-order valence-corrected chi connectivity index (χ2v) is 3.53. The minimum Gasteiger partial charge on any atom is -0.342 e. The lowest BCUT2D eigenvalue weighted by Crippen LogP contribution is -2.17. The van der Waals surface area contributed by atoms with E-state index in [0.717, 1.165) is 49.8 Å². The molecule has 1 aliphatic rings. The van der Waals surface area contributed by atoms with Gasteiger partial charge in [0.15, 0.2) is 0 Å². The molecule has 1 aromatic rings. The average Bonchev–Trinajstić information content (AvgIpc) is 2.25. The smallest absolute Gasteiger partial charge is 0.146 e. The lowest BCUT2D eigenvalue weighted by molar-refractivity contribution is 0.603. The molecule has 4 heteroatoms. The molecule has 80 valence electrons. The molecule has 0 saturated carbocycles. The van der Waals surface area contributed by atoms with E-state index in [1.807, 2.05) is 0 Å². The molecule has 0 atom stereocenters. The number of nitrogens with one attached hydrogen (secondary N) is 1. The Morgan fingerprint density at radius 1 is 1.20 bits per heavy atom. The molecule has 0 aromatic heterocycles. The number of benzene rings is 1. The summed E-state index contributed by atoms with van der Waals surface area (Å²) >= 11 is 0. The fraction of sp³-hybridized carbons (Fsp3) is 0.364. The standard InChI is InChI=1S/C11H12F2N2/c12-8-4-5-9(13)10(7-8)15-11-3-1-2-6-14-11/h4-5,7H,1-3,6H2,(H,14,15). The summed E-state index contributed by atoms with van der Waals surface area (Å²) in [5.74, 6) is -0.161. The van der Waals surface area contributed by atoms with Gasteiger partial charge in [0.1, 0.15) is 17.5 Å². The van der Waals surface area contributed by atoms with Gasteiger partial charge in [0.05, 0.1) is 5.69 Å². The zero-order valence-electron chi connectivity index (χ0n) is 8.26. The van der Waals surface area contributed by atoms with Gasteiger partial charge in [-0.05, 0) is 25.0 Å². The third-order valence-electron chi connectivity index (χ3n) is 2.33. The molecule has 0 spiro atoms. The number of hydrogen-bond acceptors (Lipinski definition) is 2. The molecular formula is C11H12F2N2. The molecule has 2 nitrogen and oxygen atoms in total. The summed E-state index contributed by atoms with van der Waals surface area (Å²) in [5, 5.41) is 2.82. The van der Waals surface area contributed by atoms with E-state index < -0.39 is 11.6 Å². The number of amidine groups is 1. The van der Waals surface area contributed by atoms with Crippen LogP contribution >= 0.6 is 0 Å². The van der Waals surface area contributed by atoms with Crippen LogP contribution in [-0.2, 0) is 0 Å². The van der Waals surface area contributed by atoms with E-state index in [9.17, 15) is 8.78 Å². The Labute approximate surface area is 87.0 Å². The van der Waals surface area contributed by atoms with Crippen LogP contribution in [0.2, 0.25) is 0 Å². The molecule has 0 unspecified atom stereocenters. The summed E-state index contributed by atoms with van der Waals surface area (Å²) in [4.78, 5) is 4.21. The Morgan fingerprint density at radius 2 is 2.07 bits per heavy atom. The molecular weight excluding hydrogens is 198 g/mol. The van der Waals surface area contributed by atoms with E-state index in [1.54, 1.807) is 0 Å². The zero-order chi connectivity index (χ0) is 10.7. The Balaban J connectivity index is 2.15. The van der Waals surface area contributed by atoms with Crippen molar-refractivity contribution in [1.29, 1.82) is 0 Å². The molecule has 0 fully saturated rings. The summed E-state index contributed by atoms with van der Waals surface area (Å²) in [6.45, 7) is 0.763. The maximum atomic E-state index is 13.2. The van der Waals surface area contributed by atoms with Gasteiger partial charge >= 0.3 is 0 Å². The molecule has 0 aliphatic carbocycles. The van der Waals surface area contributed by atoms with Gasteiger partial charge in [0.25, 0.3) is 0 Å². The Kier molecular flexibility index (Phi) is 2.94. The second-order valence-electron chi connectivity index (χ2n) is 3.53. The molecule has 2 rings (SSSR count). The van der Waals surface area contributed by atoms with Gasteiger partial charge in [-0.3, -0.25) is 4.99 Å². The van der Waals surface area contributed by atoms with Crippen LogP contribution in [0, 0.1) is 11.6 Å². The Bertz CT molecular complexity index is 388. The van der Waals surface area contributed by atoms with Crippen LogP contribution in [0.5, 0.6) is 0 Å². The van der Waals surface area contributed by atoms with Crippen molar-refractivity contribution < 1.29 is 8.78 Å². The largest absolute Gasteiger partial charge is 0.342 e. The highest BCUT2D eigenvalue weighted by atomic mass is 19.1.